The number of hydrogen-bond donors (Lipinski definition) is 1. The zero-order chi connectivity index (χ0) is 22.9. The van der Waals surface area contributed by atoms with Gasteiger partial charge in [-0.15, -0.1) is 0 Å². The number of aryl methyl sites for hydroxylation is 2. The summed E-state index contributed by atoms with van der Waals surface area (Å²) in [7, 11) is -3.54. The number of amides is 1. The molecule has 7 nitrogen and oxygen atoms in total. The lowest BCUT2D eigenvalue weighted by molar-refractivity contribution is -0.115. The number of oxime groups is 1. The number of piperidine rings is 1. The van der Waals surface area contributed by atoms with Crippen molar-refractivity contribution in [2.45, 2.75) is 56.6 Å². The smallest absolute Gasteiger partial charge is 0.269 e. The van der Waals surface area contributed by atoms with E-state index in [1.165, 1.54) is 9.87 Å². The molecular weight excluding hydrogens is 426 g/mol. The van der Waals surface area contributed by atoms with Crippen LogP contribution >= 0.6 is 0 Å². The van der Waals surface area contributed by atoms with E-state index in [2.05, 4.69) is 10.5 Å². The maximum Gasteiger partial charge on any atom is 0.269 e. The molecule has 0 bridgehead atoms. The van der Waals surface area contributed by atoms with Gasteiger partial charge in [0.15, 0.2) is 0 Å². The van der Waals surface area contributed by atoms with E-state index in [0.717, 1.165) is 11.1 Å². The second-order valence-electron chi connectivity index (χ2n) is 8.81. The van der Waals surface area contributed by atoms with Gasteiger partial charge in [-0.25, -0.2) is 8.42 Å². The average Bonchev–Trinajstić information content (AvgIpc) is 3.18. The Kier molecular flexibility index (Phi) is 6.09. The fourth-order valence-electron chi connectivity index (χ4n) is 4.12. The van der Waals surface area contributed by atoms with Crippen LogP contribution in [-0.2, 0) is 19.7 Å². The fourth-order valence-corrected chi connectivity index (χ4v) is 5.56. The molecule has 0 saturated carbocycles. The first-order valence-corrected chi connectivity index (χ1v) is 12.3. The van der Waals surface area contributed by atoms with Crippen LogP contribution in [0.5, 0.6) is 0 Å². The number of hydrogen-bond acceptors (Lipinski definition) is 5. The van der Waals surface area contributed by atoms with Crippen LogP contribution in [0.3, 0.4) is 0 Å². The molecule has 170 valence electrons. The van der Waals surface area contributed by atoms with Crippen molar-refractivity contribution in [1.82, 2.24) is 9.62 Å². The van der Waals surface area contributed by atoms with Crippen LogP contribution in [-0.4, -0.2) is 43.0 Å². The molecule has 1 atom stereocenters. The SMILES string of the molecule is Cc1ccc(C(C)NC(=O)C2=NOC3(CCN(S(=O)(=O)c4ccc(C)cc4)CC3)C2)cc1. The third-order valence-corrected chi connectivity index (χ3v) is 8.23. The van der Waals surface area contributed by atoms with Crippen molar-refractivity contribution in [3.63, 3.8) is 0 Å². The predicted molar refractivity (Wildman–Crippen MR) is 123 cm³/mol. The molecule has 1 unspecified atom stereocenters. The molecule has 2 aromatic carbocycles. The molecule has 1 saturated heterocycles. The highest BCUT2D eigenvalue weighted by Crippen LogP contribution is 2.36. The summed E-state index contributed by atoms with van der Waals surface area (Å²) < 4.78 is 27.4. The molecule has 0 aromatic heterocycles. The minimum absolute atomic E-state index is 0.149. The predicted octanol–water partition coefficient (Wildman–Crippen LogP) is 3.48. The lowest BCUT2D eigenvalue weighted by Crippen LogP contribution is -2.47. The molecule has 0 radical (unpaired) electrons. The molecule has 1 spiro atoms. The van der Waals surface area contributed by atoms with E-state index in [1.54, 1.807) is 24.3 Å². The van der Waals surface area contributed by atoms with Crippen molar-refractivity contribution >= 4 is 21.6 Å². The Morgan fingerprint density at radius 3 is 2.19 bits per heavy atom. The van der Waals surface area contributed by atoms with Crippen LogP contribution in [0.2, 0.25) is 0 Å². The molecule has 8 heteroatoms. The number of carbonyl (C=O) groups is 1. The number of carbonyl (C=O) groups excluding carboxylic acids is 1. The van der Waals surface area contributed by atoms with E-state index in [4.69, 9.17) is 4.84 Å². The molecule has 1 N–H and O–H groups in total. The summed E-state index contributed by atoms with van der Waals surface area (Å²) >= 11 is 0. The lowest BCUT2D eigenvalue weighted by Gasteiger charge is -2.36. The Labute approximate surface area is 189 Å². The fraction of sp³-hybridized carbons (Fsp3) is 0.417. The van der Waals surface area contributed by atoms with Crippen molar-refractivity contribution in [3.05, 3.63) is 65.2 Å². The van der Waals surface area contributed by atoms with Gasteiger partial charge in [0, 0.05) is 32.4 Å². The minimum atomic E-state index is -3.54. The molecular formula is C24H29N3O4S. The van der Waals surface area contributed by atoms with E-state index < -0.39 is 15.6 Å². The number of nitrogens with one attached hydrogen (secondary N) is 1. The van der Waals surface area contributed by atoms with E-state index in [9.17, 15) is 13.2 Å². The normalized spacial score (nSPS) is 19.3. The van der Waals surface area contributed by atoms with E-state index in [0.29, 0.717) is 43.0 Å². The van der Waals surface area contributed by atoms with Crippen LogP contribution in [0.1, 0.15) is 48.9 Å². The van der Waals surface area contributed by atoms with Crippen molar-refractivity contribution in [1.29, 1.82) is 0 Å². The molecule has 1 amide bonds. The first-order valence-electron chi connectivity index (χ1n) is 10.9. The minimum Gasteiger partial charge on any atom is -0.388 e. The zero-order valence-corrected chi connectivity index (χ0v) is 19.5. The van der Waals surface area contributed by atoms with E-state index in [-0.39, 0.29) is 11.9 Å². The highest BCUT2D eigenvalue weighted by Gasteiger charge is 2.45. The maximum absolute atomic E-state index is 12.9. The first-order chi connectivity index (χ1) is 15.2. The van der Waals surface area contributed by atoms with Gasteiger partial charge in [0.1, 0.15) is 11.3 Å². The quantitative estimate of drug-likeness (QED) is 0.748. The van der Waals surface area contributed by atoms with Crippen molar-refractivity contribution in [3.8, 4) is 0 Å². The highest BCUT2D eigenvalue weighted by atomic mass is 32.2. The molecule has 2 aromatic rings. The van der Waals surface area contributed by atoms with Gasteiger partial charge < -0.3 is 10.2 Å². The molecule has 1 fully saturated rings. The third-order valence-electron chi connectivity index (χ3n) is 6.32. The second kappa shape index (κ2) is 8.67. The third kappa shape index (κ3) is 4.56. The van der Waals surface area contributed by atoms with Crippen LogP contribution < -0.4 is 5.32 Å². The summed E-state index contributed by atoms with van der Waals surface area (Å²) in [5.41, 5.74) is 2.95. The summed E-state index contributed by atoms with van der Waals surface area (Å²) in [6, 6.07) is 14.8. The van der Waals surface area contributed by atoms with Gasteiger partial charge in [-0.05, 0) is 38.5 Å². The summed E-state index contributed by atoms with van der Waals surface area (Å²) in [5.74, 6) is -0.246. The van der Waals surface area contributed by atoms with Gasteiger partial charge in [-0.1, -0.05) is 52.7 Å². The Balaban J connectivity index is 1.34. The van der Waals surface area contributed by atoms with Crippen LogP contribution in [0.4, 0.5) is 0 Å². The number of rotatable bonds is 5. The van der Waals surface area contributed by atoms with Gasteiger partial charge in [0.2, 0.25) is 10.0 Å². The molecule has 2 aliphatic rings. The molecule has 32 heavy (non-hydrogen) atoms. The summed E-state index contributed by atoms with van der Waals surface area (Å²) in [4.78, 5) is 18.7. The topological polar surface area (TPSA) is 88.1 Å². The molecule has 0 aliphatic carbocycles. The zero-order valence-electron chi connectivity index (χ0n) is 18.7. The number of benzene rings is 2. The van der Waals surface area contributed by atoms with Gasteiger partial charge in [0.25, 0.3) is 5.91 Å². The van der Waals surface area contributed by atoms with Crippen molar-refractivity contribution < 1.29 is 18.0 Å². The number of nitrogens with zero attached hydrogens (tertiary/aromatic N) is 2. The Hall–Kier alpha value is -2.71. The average molecular weight is 456 g/mol. The van der Waals surface area contributed by atoms with Crippen LogP contribution in [0.15, 0.2) is 58.6 Å². The van der Waals surface area contributed by atoms with E-state index >= 15 is 0 Å². The molecule has 4 rings (SSSR count). The monoisotopic (exact) mass is 455 g/mol. The van der Waals surface area contributed by atoms with Gasteiger partial charge in [-0.2, -0.15) is 4.31 Å². The Morgan fingerprint density at radius 2 is 1.59 bits per heavy atom. The first kappa shape index (κ1) is 22.5. The Bertz CT molecular complexity index is 1120. The van der Waals surface area contributed by atoms with Crippen LogP contribution in [0, 0.1) is 13.8 Å². The number of sulfonamides is 1. The highest BCUT2D eigenvalue weighted by molar-refractivity contribution is 7.89. The van der Waals surface area contributed by atoms with Gasteiger partial charge >= 0.3 is 0 Å². The van der Waals surface area contributed by atoms with E-state index in [1.807, 2.05) is 45.0 Å². The van der Waals surface area contributed by atoms with Crippen molar-refractivity contribution in [2.24, 2.45) is 5.16 Å². The Morgan fingerprint density at radius 1 is 1.03 bits per heavy atom. The van der Waals surface area contributed by atoms with Crippen LogP contribution in [0.25, 0.3) is 0 Å². The molecule has 2 aliphatic heterocycles. The standard InChI is InChI=1S/C24H29N3O4S/c1-17-4-8-20(9-5-17)19(3)25-23(28)22-16-24(31-26-22)12-14-27(15-13-24)32(29,30)21-10-6-18(2)7-11-21/h4-11,19H,12-16H2,1-3H3,(H,25,28). The summed E-state index contributed by atoms with van der Waals surface area (Å²) in [5, 5.41) is 7.05. The molecule has 2 heterocycles. The summed E-state index contributed by atoms with van der Waals surface area (Å²) in [6.45, 7) is 6.55. The van der Waals surface area contributed by atoms with Gasteiger partial charge in [-0.3, -0.25) is 4.79 Å². The van der Waals surface area contributed by atoms with Gasteiger partial charge in [0.05, 0.1) is 10.9 Å². The largest absolute Gasteiger partial charge is 0.388 e. The summed E-state index contributed by atoms with van der Waals surface area (Å²) in [6.07, 6.45) is 1.37. The van der Waals surface area contributed by atoms with Crippen molar-refractivity contribution in [2.75, 3.05) is 13.1 Å². The second-order valence-corrected chi connectivity index (χ2v) is 10.7. The maximum atomic E-state index is 12.9. The lowest BCUT2D eigenvalue weighted by atomic mass is 9.87.